The minimum Gasteiger partial charge on any atom is -0.466 e. The summed E-state index contributed by atoms with van der Waals surface area (Å²) in [5, 5.41) is 26.1. The van der Waals surface area contributed by atoms with Crippen LogP contribution in [0.4, 0.5) is 0 Å². The SMILES string of the molecule is CC[C@H](NC(=O)C([C@H](O)[C@H](C)CCCCCCNC(C)=O)N(C)C(=O)[C@H](C(C)C)N(C)C(=O)[C@H](CC(C)C)N(C)C(=O)[C@H](CC(C)C)N(C)C=O)C(=O)N(C)[C@H](COCCCCOC(C)=O)C(=O)N(C)[C@@H](CC(C)C)C(=O)N[C@H](C(=O)N(C)[C@@H](CC(C)C)C(=O)N[C@H](C)C(=O)NC)C(C)C. The highest BCUT2D eigenvalue weighted by atomic mass is 16.5. The highest BCUT2D eigenvalue weighted by Gasteiger charge is 2.46. The van der Waals surface area contributed by atoms with Gasteiger partial charge < -0.3 is 75.5 Å². The van der Waals surface area contributed by atoms with Crippen molar-refractivity contribution in [1.82, 2.24) is 60.9 Å². The maximum absolute atomic E-state index is 15.4. The second-order valence-corrected chi connectivity index (χ2v) is 29.5. The van der Waals surface area contributed by atoms with Gasteiger partial charge in [-0.15, -0.1) is 0 Å². The summed E-state index contributed by atoms with van der Waals surface area (Å²) >= 11 is 0. The van der Waals surface area contributed by atoms with Crippen molar-refractivity contribution in [3.8, 4) is 0 Å². The Morgan fingerprint density at radius 3 is 1.39 bits per heavy atom. The van der Waals surface area contributed by atoms with Crippen molar-refractivity contribution in [2.24, 2.45) is 41.4 Å². The van der Waals surface area contributed by atoms with Gasteiger partial charge in [-0.05, 0) is 106 Å². The van der Waals surface area contributed by atoms with Crippen LogP contribution in [0.25, 0.3) is 0 Å². The Labute approximate surface area is 598 Å². The number of esters is 1. The van der Waals surface area contributed by atoms with Gasteiger partial charge in [0.2, 0.25) is 71.4 Å². The zero-order chi connectivity index (χ0) is 77.3. The first-order valence-electron chi connectivity index (χ1n) is 36.0. The molecule has 0 saturated heterocycles. The third-order valence-corrected chi connectivity index (χ3v) is 18.2. The number of nitrogens with zero attached hydrogens (tertiary/aromatic N) is 7. The van der Waals surface area contributed by atoms with Gasteiger partial charge in [0.05, 0.1) is 19.3 Å². The van der Waals surface area contributed by atoms with E-state index in [4.69, 9.17) is 9.47 Å². The van der Waals surface area contributed by atoms with Crippen molar-refractivity contribution in [1.29, 1.82) is 0 Å². The van der Waals surface area contributed by atoms with Crippen LogP contribution < -0.4 is 26.6 Å². The molecule has 0 rings (SSSR count). The number of nitrogens with one attached hydrogen (secondary N) is 5. The van der Waals surface area contributed by atoms with E-state index in [0.717, 1.165) is 22.6 Å². The summed E-state index contributed by atoms with van der Waals surface area (Å²) in [5.74, 6) is -9.32. The van der Waals surface area contributed by atoms with Gasteiger partial charge in [-0.1, -0.05) is 116 Å². The number of carbonyl (C=O) groups excluding carboxylic acids is 13. The number of hydrogen-bond acceptors (Lipinski definition) is 16. The zero-order valence-electron chi connectivity index (χ0n) is 65.5. The second-order valence-electron chi connectivity index (χ2n) is 29.5. The van der Waals surface area contributed by atoms with E-state index in [-0.39, 0.29) is 68.5 Å². The average molecular weight is 1420 g/mol. The Balaban J connectivity index is 7.91. The lowest BCUT2D eigenvalue weighted by atomic mass is 9.90. The largest absolute Gasteiger partial charge is 0.466 e. The van der Waals surface area contributed by atoms with Crippen molar-refractivity contribution >= 4 is 77.4 Å². The summed E-state index contributed by atoms with van der Waals surface area (Å²) < 4.78 is 11.2. The van der Waals surface area contributed by atoms with Crippen LogP contribution in [0, 0.1) is 41.4 Å². The molecule has 12 amide bonds. The molecule has 0 aromatic carbocycles. The van der Waals surface area contributed by atoms with Crippen molar-refractivity contribution in [3.05, 3.63) is 0 Å². The molecule has 28 nitrogen and oxygen atoms in total. The van der Waals surface area contributed by atoms with Gasteiger partial charge in [-0.25, -0.2) is 0 Å². The predicted molar refractivity (Wildman–Crippen MR) is 384 cm³/mol. The van der Waals surface area contributed by atoms with E-state index in [1.165, 1.54) is 102 Å². The van der Waals surface area contributed by atoms with Crippen molar-refractivity contribution in [3.63, 3.8) is 0 Å². The van der Waals surface area contributed by atoms with E-state index < -0.39 is 156 Å². The van der Waals surface area contributed by atoms with E-state index in [0.29, 0.717) is 51.5 Å². The molecule has 100 heavy (non-hydrogen) atoms. The van der Waals surface area contributed by atoms with Crippen molar-refractivity contribution in [2.45, 2.75) is 261 Å². The Morgan fingerprint density at radius 1 is 0.460 bits per heavy atom. The van der Waals surface area contributed by atoms with Gasteiger partial charge in [-0.2, -0.15) is 0 Å². The Hall–Kier alpha value is -6.97. The molecular formula is C72H132N12O16. The third kappa shape index (κ3) is 30.7. The smallest absolute Gasteiger partial charge is 0.302 e. The summed E-state index contributed by atoms with van der Waals surface area (Å²) in [5.41, 5.74) is 0. The van der Waals surface area contributed by atoms with E-state index in [1.54, 1.807) is 41.5 Å². The monoisotopic (exact) mass is 1420 g/mol. The van der Waals surface area contributed by atoms with Crippen molar-refractivity contribution in [2.75, 3.05) is 82.7 Å². The molecule has 576 valence electrons. The molecule has 0 aliphatic carbocycles. The topological polar surface area (TPSA) is 343 Å². The number of rotatable bonds is 48. The molecule has 0 fully saturated rings. The van der Waals surface area contributed by atoms with Gasteiger partial charge in [0, 0.05) is 83.4 Å². The number of carbonyl (C=O) groups is 13. The van der Waals surface area contributed by atoms with Crippen LogP contribution >= 0.6 is 0 Å². The number of hydrogen-bond donors (Lipinski definition) is 6. The summed E-state index contributed by atoms with van der Waals surface area (Å²) in [6.45, 7) is 29.8. The first kappa shape index (κ1) is 93.0. The molecule has 28 heteroatoms. The Kier molecular flexibility index (Phi) is 43.3. The third-order valence-electron chi connectivity index (χ3n) is 18.2. The van der Waals surface area contributed by atoms with Crippen LogP contribution in [-0.2, 0) is 71.8 Å². The fraction of sp³-hybridized carbons (Fsp3) is 0.819. The normalized spacial score (nSPS) is 15.2. The van der Waals surface area contributed by atoms with E-state index >= 15 is 24.0 Å². The fourth-order valence-electron chi connectivity index (χ4n) is 12.0. The van der Waals surface area contributed by atoms with Gasteiger partial charge in [0.1, 0.15) is 60.4 Å². The summed E-state index contributed by atoms with van der Waals surface area (Å²) in [4.78, 5) is 190. The molecule has 12 atom stereocenters. The van der Waals surface area contributed by atoms with Crippen LogP contribution in [0.5, 0.6) is 0 Å². The first-order valence-corrected chi connectivity index (χ1v) is 36.0. The Morgan fingerprint density at radius 2 is 0.910 bits per heavy atom. The van der Waals surface area contributed by atoms with E-state index in [2.05, 4.69) is 26.6 Å². The number of aliphatic hydroxyl groups is 1. The number of ether oxygens (including phenoxy) is 2. The molecule has 0 aromatic rings. The van der Waals surface area contributed by atoms with E-state index in [1.807, 2.05) is 55.4 Å². The lowest BCUT2D eigenvalue weighted by molar-refractivity contribution is -0.157. The number of unbranched alkanes of at least 4 members (excludes halogenated alkanes) is 4. The molecule has 0 heterocycles. The fourth-order valence-corrected chi connectivity index (χ4v) is 12.0. The van der Waals surface area contributed by atoms with Crippen LogP contribution in [-0.4, -0.2) is 266 Å². The standard InChI is InChI=1S/C72H132N12O16/c1-26-53(76-66(92)61(62(88)49(14)33-29-27-28-30-34-74-51(16)86)84(25)72(98)60(48(12)13)83(24)69(95)57(40-46(8)9)81(22)68(94)56(39-45(6)7)78(19)42-85)67(93)82(23)58(41-99-35-31-32-36-100-52(17)87)70(96)79(20)55(38-44(4)5)65(91)77-59(47(10)11)71(97)80(21)54(37-43(2)3)64(90)75-50(15)63(89)73-18/h42-50,53-62,88H,26-41H2,1-25H3,(H,73,89)(H,74,86)(H,75,90)(H,76,92)(H,77,91)/t49-,50-,53+,54+,55+,56+,57+,58-,59+,60+,61?,62-/m1/s1. The second kappa shape index (κ2) is 46.5. The zero-order valence-corrected chi connectivity index (χ0v) is 65.5. The summed E-state index contributed by atoms with van der Waals surface area (Å²) in [7, 11) is 11.4. The summed E-state index contributed by atoms with van der Waals surface area (Å²) in [6, 6.07) is -12.2. The minimum absolute atomic E-state index is 0.0118. The van der Waals surface area contributed by atoms with Crippen LogP contribution in [0.2, 0.25) is 0 Å². The minimum atomic E-state index is -1.68. The number of amides is 12. The molecule has 1 unspecified atom stereocenters. The molecule has 0 aromatic heterocycles. The van der Waals surface area contributed by atoms with Crippen molar-refractivity contribution < 1.29 is 76.9 Å². The number of likely N-dealkylation sites (N-methyl/N-ethyl adjacent to an activating group) is 8. The maximum atomic E-state index is 15.4. The number of aliphatic hydroxyl groups excluding tert-OH is 1. The average Bonchev–Trinajstić information content (AvgIpc) is 0.805. The molecule has 0 aliphatic rings. The lowest BCUT2D eigenvalue weighted by Gasteiger charge is -2.41. The van der Waals surface area contributed by atoms with Gasteiger partial charge >= 0.3 is 5.97 Å². The molecule has 6 N–H and O–H groups in total. The quantitative estimate of drug-likeness (QED) is 0.0285. The van der Waals surface area contributed by atoms with Gasteiger partial charge in [-0.3, -0.25) is 62.3 Å². The van der Waals surface area contributed by atoms with Crippen LogP contribution in [0.1, 0.15) is 195 Å². The molecular weight excluding hydrogens is 1290 g/mol. The first-order chi connectivity index (χ1) is 46.5. The van der Waals surface area contributed by atoms with Gasteiger partial charge in [0.25, 0.3) is 0 Å². The van der Waals surface area contributed by atoms with Gasteiger partial charge in [0.15, 0.2) is 0 Å². The molecule has 0 bridgehead atoms. The van der Waals surface area contributed by atoms with Crippen LogP contribution in [0.3, 0.4) is 0 Å². The molecule has 0 radical (unpaired) electrons. The van der Waals surface area contributed by atoms with Crippen LogP contribution in [0.15, 0.2) is 0 Å². The highest BCUT2D eigenvalue weighted by molar-refractivity contribution is 5.99. The molecule has 0 aliphatic heterocycles. The predicted octanol–water partition coefficient (Wildman–Crippen LogP) is 3.98. The molecule has 0 saturated carbocycles. The lowest BCUT2D eigenvalue weighted by Crippen LogP contribution is -2.64. The maximum Gasteiger partial charge on any atom is 0.302 e. The summed E-state index contributed by atoms with van der Waals surface area (Å²) in [6.07, 6.45) is 3.73. The van der Waals surface area contributed by atoms with E-state index in [9.17, 15) is 43.5 Å². The Bertz CT molecular complexity index is 2620. The highest BCUT2D eigenvalue weighted by Crippen LogP contribution is 2.26. The molecule has 0 spiro atoms.